The molecule has 8 nitrogen and oxygen atoms in total. The van der Waals surface area contributed by atoms with Crippen molar-refractivity contribution in [2.24, 2.45) is 5.92 Å². The quantitative estimate of drug-likeness (QED) is 0.475. The van der Waals surface area contributed by atoms with Crippen molar-refractivity contribution in [2.75, 3.05) is 25.4 Å². The van der Waals surface area contributed by atoms with Gasteiger partial charge in [0.1, 0.15) is 12.3 Å². The predicted molar refractivity (Wildman–Crippen MR) is 116 cm³/mol. The van der Waals surface area contributed by atoms with Gasteiger partial charge in [-0.25, -0.2) is 14.8 Å². The Kier molecular flexibility index (Phi) is 6.80. The second-order valence-corrected chi connectivity index (χ2v) is 8.98. The Bertz CT molecular complexity index is 899. The maximum absolute atomic E-state index is 12.7. The van der Waals surface area contributed by atoms with Crippen LogP contribution in [0, 0.1) is 5.92 Å². The van der Waals surface area contributed by atoms with Gasteiger partial charge in [-0.3, -0.25) is 9.69 Å². The lowest BCUT2D eigenvalue weighted by Gasteiger charge is -2.39. The van der Waals surface area contributed by atoms with Crippen LogP contribution in [0.25, 0.3) is 11.5 Å². The van der Waals surface area contributed by atoms with Crippen LogP contribution in [0.2, 0.25) is 0 Å². The zero-order valence-corrected chi connectivity index (χ0v) is 18.7. The number of piperidine rings is 1. The number of furan rings is 1. The molecule has 2 amide bonds. The highest BCUT2D eigenvalue weighted by molar-refractivity contribution is 7.99. The number of rotatable bonds is 7. The maximum atomic E-state index is 12.7. The number of ether oxygens (including phenoxy) is 1. The lowest BCUT2D eigenvalue weighted by atomic mass is 9.95. The number of carbonyl (C=O) groups excluding carboxylic acids is 2. The molecule has 0 unspecified atom stereocenters. The van der Waals surface area contributed by atoms with Gasteiger partial charge in [-0.15, -0.1) is 0 Å². The van der Waals surface area contributed by atoms with Crippen LogP contribution in [-0.4, -0.2) is 69.3 Å². The summed E-state index contributed by atoms with van der Waals surface area (Å²) in [5.41, 5.74) is 0.698. The van der Waals surface area contributed by atoms with Gasteiger partial charge in [-0.1, -0.05) is 32.0 Å². The van der Waals surface area contributed by atoms with Crippen LogP contribution in [0.1, 0.15) is 33.1 Å². The molecule has 9 heteroatoms. The van der Waals surface area contributed by atoms with E-state index in [9.17, 15) is 9.59 Å². The molecule has 2 atom stereocenters. The first kappa shape index (κ1) is 21.7. The fourth-order valence-corrected chi connectivity index (χ4v) is 4.89. The highest BCUT2D eigenvalue weighted by atomic mass is 32.2. The molecule has 0 bridgehead atoms. The summed E-state index contributed by atoms with van der Waals surface area (Å²) in [5, 5.41) is 0.549. The van der Waals surface area contributed by atoms with Crippen molar-refractivity contribution in [1.29, 1.82) is 0 Å². The van der Waals surface area contributed by atoms with Crippen LogP contribution >= 0.6 is 11.8 Å². The summed E-state index contributed by atoms with van der Waals surface area (Å²) in [5.74, 6) is 1.43. The Morgan fingerprint density at radius 3 is 2.84 bits per heavy atom. The Balaban J connectivity index is 1.29. The van der Waals surface area contributed by atoms with E-state index in [1.54, 1.807) is 18.5 Å². The lowest BCUT2D eigenvalue weighted by Crippen LogP contribution is -2.51. The Morgan fingerprint density at radius 1 is 1.32 bits per heavy atom. The molecule has 0 saturated carbocycles. The molecular formula is C22H28N4O4S. The molecule has 2 saturated heterocycles. The lowest BCUT2D eigenvalue weighted by molar-refractivity contribution is -0.129. The topological polar surface area (TPSA) is 88.8 Å². The third kappa shape index (κ3) is 4.87. The van der Waals surface area contributed by atoms with Crippen LogP contribution in [0.3, 0.4) is 0 Å². The molecule has 4 rings (SSSR count). The molecule has 2 fully saturated rings. The smallest absolute Gasteiger partial charge is 0.410 e. The van der Waals surface area contributed by atoms with Crippen LogP contribution in [0.15, 0.2) is 40.2 Å². The molecule has 2 aromatic rings. The molecule has 0 N–H and O–H groups in total. The van der Waals surface area contributed by atoms with Gasteiger partial charge in [0, 0.05) is 25.3 Å². The minimum atomic E-state index is -0.209. The van der Waals surface area contributed by atoms with E-state index in [0.29, 0.717) is 42.2 Å². The fraction of sp³-hybridized carbons (Fsp3) is 0.545. The predicted octanol–water partition coefficient (Wildman–Crippen LogP) is 3.69. The standard InChI is InChI=1S/C22H28N4O4S/c1-3-15(2)18-13-30-22(28)26(18)16-7-10-25(11-8-16)20(27)14-31-21-23-9-6-17(24-21)19-5-4-12-29-19/h4-6,9,12,15-16,18H,3,7-8,10-11,13-14H2,1-2H3/t15-,18-/m0/s1. The van der Waals surface area contributed by atoms with E-state index in [0.717, 1.165) is 19.3 Å². The molecule has 166 valence electrons. The van der Waals surface area contributed by atoms with Crippen LogP contribution in [-0.2, 0) is 9.53 Å². The summed E-state index contributed by atoms with van der Waals surface area (Å²) < 4.78 is 10.7. The number of aromatic nitrogens is 2. The van der Waals surface area contributed by atoms with Crippen molar-refractivity contribution in [3.05, 3.63) is 30.7 Å². The Morgan fingerprint density at radius 2 is 2.13 bits per heavy atom. The number of hydrogen-bond acceptors (Lipinski definition) is 7. The first-order valence-corrected chi connectivity index (χ1v) is 11.8. The summed E-state index contributed by atoms with van der Waals surface area (Å²) in [4.78, 5) is 37.5. The minimum Gasteiger partial charge on any atom is -0.463 e. The van der Waals surface area contributed by atoms with Gasteiger partial charge in [0.2, 0.25) is 5.91 Å². The van der Waals surface area contributed by atoms with Gasteiger partial charge in [0.25, 0.3) is 0 Å². The summed E-state index contributed by atoms with van der Waals surface area (Å²) in [6, 6.07) is 5.71. The highest BCUT2D eigenvalue weighted by Gasteiger charge is 2.41. The van der Waals surface area contributed by atoms with Crippen molar-refractivity contribution in [1.82, 2.24) is 19.8 Å². The average molecular weight is 445 g/mol. The van der Waals surface area contributed by atoms with Crippen LogP contribution < -0.4 is 0 Å². The average Bonchev–Trinajstić information content (AvgIpc) is 3.47. The molecular weight excluding hydrogens is 416 g/mol. The zero-order chi connectivity index (χ0) is 21.8. The SMILES string of the molecule is CC[C@H](C)[C@@H]1COC(=O)N1C1CCN(C(=O)CSc2nccc(-c3ccco3)n2)CC1. The van der Waals surface area contributed by atoms with E-state index in [2.05, 4.69) is 23.8 Å². The second-order valence-electron chi connectivity index (χ2n) is 8.04. The fourth-order valence-electron chi connectivity index (χ4n) is 4.16. The van der Waals surface area contributed by atoms with Crippen LogP contribution in [0.5, 0.6) is 0 Å². The van der Waals surface area contributed by atoms with Crippen LogP contribution in [0.4, 0.5) is 4.79 Å². The summed E-state index contributed by atoms with van der Waals surface area (Å²) >= 11 is 1.33. The van der Waals surface area contributed by atoms with Gasteiger partial charge < -0.3 is 14.1 Å². The van der Waals surface area contributed by atoms with Gasteiger partial charge in [0.15, 0.2) is 10.9 Å². The van der Waals surface area contributed by atoms with Crippen molar-refractivity contribution in [2.45, 2.75) is 50.4 Å². The molecule has 2 aromatic heterocycles. The monoisotopic (exact) mass is 444 g/mol. The molecule has 2 aliphatic rings. The van der Waals surface area contributed by atoms with Gasteiger partial charge >= 0.3 is 6.09 Å². The number of carbonyl (C=O) groups is 2. The summed E-state index contributed by atoms with van der Waals surface area (Å²) in [6.07, 6.45) is 5.64. The zero-order valence-electron chi connectivity index (χ0n) is 17.9. The normalized spacial score (nSPS) is 20.7. The number of nitrogens with zero attached hydrogens (tertiary/aromatic N) is 4. The number of cyclic esters (lactones) is 1. The molecule has 31 heavy (non-hydrogen) atoms. The molecule has 2 aliphatic heterocycles. The summed E-state index contributed by atoms with van der Waals surface area (Å²) in [6.45, 7) is 6.07. The van der Waals surface area contributed by atoms with Crippen molar-refractivity contribution >= 4 is 23.8 Å². The molecule has 0 aliphatic carbocycles. The van der Waals surface area contributed by atoms with Crippen molar-refractivity contribution in [3.63, 3.8) is 0 Å². The van der Waals surface area contributed by atoms with E-state index in [4.69, 9.17) is 9.15 Å². The Hall–Kier alpha value is -2.55. The summed E-state index contributed by atoms with van der Waals surface area (Å²) in [7, 11) is 0. The molecule has 4 heterocycles. The first-order chi connectivity index (χ1) is 15.1. The van der Waals surface area contributed by atoms with E-state index < -0.39 is 0 Å². The highest BCUT2D eigenvalue weighted by Crippen LogP contribution is 2.29. The third-order valence-electron chi connectivity index (χ3n) is 6.19. The molecule has 0 radical (unpaired) electrons. The molecule has 0 spiro atoms. The maximum Gasteiger partial charge on any atom is 0.410 e. The largest absolute Gasteiger partial charge is 0.463 e. The van der Waals surface area contributed by atoms with E-state index >= 15 is 0 Å². The first-order valence-electron chi connectivity index (χ1n) is 10.8. The van der Waals surface area contributed by atoms with E-state index in [1.165, 1.54) is 11.8 Å². The number of hydrogen-bond donors (Lipinski definition) is 0. The van der Waals surface area contributed by atoms with Gasteiger partial charge in [-0.2, -0.15) is 0 Å². The number of likely N-dealkylation sites (tertiary alicyclic amines) is 1. The van der Waals surface area contributed by atoms with E-state index in [-0.39, 0.29) is 29.8 Å². The Labute approximate surface area is 186 Å². The van der Waals surface area contributed by atoms with Crippen molar-refractivity contribution < 1.29 is 18.7 Å². The van der Waals surface area contributed by atoms with Crippen molar-refractivity contribution in [3.8, 4) is 11.5 Å². The second kappa shape index (κ2) is 9.72. The van der Waals surface area contributed by atoms with E-state index in [1.807, 2.05) is 21.9 Å². The minimum absolute atomic E-state index is 0.0675. The van der Waals surface area contributed by atoms with Gasteiger partial charge in [0.05, 0.1) is 18.1 Å². The third-order valence-corrected chi connectivity index (χ3v) is 7.04. The number of amides is 2. The number of thioether (sulfide) groups is 1. The van der Waals surface area contributed by atoms with Gasteiger partial charge in [-0.05, 0) is 37.0 Å². The molecule has 0 aromatic carbocycles.